The van der Waals surface area contributed by atoms with Crippen molar-refractivity contribution < 1.29 is 128 Å². The van der Waals surface area contributed by atoms with Crippen molar-refractivity contribution in [1.29, 1.82) is 0 Å². The number of aromatic hydroxyl groups is 5. The van der Waals surface area contributed by atoms with Crippen LogP contribution in [0, 0.1) is 0 Å². The fraction of sp³-hybridized carbons (Fsp3) is 0.489. The molecular weight excluding hydrogens is 996 g/mol. The van der Waals surface area contributed by atoms with Crippen LogP contribution in [0.2, 0.25) is 0 Å². The van der Waals surface area contributed by atoms with Gasteiger partial charge in [-0.1, -0.05) is 12.1 Å². The van der Waals surface area contributed by atoms with Gasteiger partial charge in [0.15, 0.2) is 42.2 Å². The van der Waals surface area contributed by atoms with Crippen LogP contribution in [-0.2, 0) is 42.7 Å². The Morgan fingerprint density at radius 2 is 1.34 bits per heavy atom. The van der Waals surface area contributed by atoms with E-state index in [0.717, 1.165) is 36.4 Å². The second kappa shape index (κ2) is 22.6. The Balaban J connectivity index is 1.18. The first kappa shape index (κ1) is 54.5. The first-order chi connectivity index (χ1) is 35.1. The van der Waals surface area contributed by atoms with Gasteiger partial charge in [-0.2, -0.15) is 0 Å². The Morgan fingerprint density at radius 3 is 2.04 bits per heavy atom. The number of rotatable bonds is 14. The molecule has 0 bridgehead atoms. The minimum Gasteiger partial charge on any atom is -0.508 e. The molecule has 19 atom stereocenters. The van der Waals surface area contributed by atoms with Crippen LogP contribution < -0.4 is 10.2 Å². The molecular formula is C47H54O27. The number of carbonyl (C=O) groups excluding carboxylic acids is 1. The van der Waals surface area contributed by atoms with Gasteiger partial charge in [0, 0.05) is 23.8 Å². The SMILES string of the molecule is C[C@H]1O[C@@H](OC[C@@H]2O[C@H](Oc3c(-c4ccc(O)c(O)c4)oc4cc(O)cc(O)c4c3=O)[C@@H](OC(=O)/C=C/c3ccc(O)cc3)[C@H](O[C@@H]3OC[C@@H](O)[C@H](O)[C@@H]3O)[C@H]2O)[C@@H](O)[C@H](O[C@H]2O[C@@H](CO)[C@H](O)[C@@H](O)[C@@H]2O)[C@@H]1O. The number of phenolic OH excluding ortho intramolecular Hbond substituents is 5. The third-order valence-corrected chi connectivity index (χ3v) is 12.7. The second-order valence-corrected chi connectivity index (χ2v) is 17.8. The quantitative estimate of drug-likeness (QED) is 0.0332. The highest BCUT2D eigenvalue weighted by molar-refractivity contribution is 5.89. The van der Waals surface area contributed by atoms with Crippen LogP contribution in [0.3, 0.4) is 0 Å². The standard InChI is InChI=1S/C47H54O27/c1-16-30(56)40(72-46-37(63)35(61)32(58)26(13-48)69-46)38(64)45(67-16)66-15-27-33(59)41(73-44-36(62)31(57)24(54)14-65-44)43(71-28(55)9-4-17-2-6-19(49)7-3-17)47(70-27)74-42-34(60)29-23(53)11-20(50)12-25(29)68-39(42)18-5-8-21(51)22(52)10-18/h2-12,16,24,26-27,30-33,35-38,40-41,43-54,56-59,61-64H,13-15H2,1H3/b9-4+/t16-,24-,26+,27+,30-,31+,32+,33+,35-,36+,37+,38+,40-,41-,43+,44+,45-,46-,47-/m1/s1. The van der Waals surface area contributed by atoms with Crippen molar-refractivity contribution in [2.24, 2.45) is 0 Å². The summed E-state index contributed by atoms with van der Waals surface area (Å²) < 4.78 is 58.4. The zero-order valence-corrected chi connectivity index (χ0v) is 38.5. The molecule has 3 aromatic carbocycles. The summed E-state index contributed by atoms with van der Waals surface area (Å²) >= 11 is 0. The Morgan fingerprint density at radius 1 is 0.649 bits per heavy atom. The number of aliphatic hydroxyl groups excluding tert-OH is 10. The van der Waals surface area contributed by atoms with E-state index in [1.165, 1.54) is 37.3 Å². The molecule has 4 aromatic rings. The maximum absolute atomic E-state index is 14.6. The summed E-state index contributed by atoms with van der Waals surface area (Å²) in [4.78, 5) is 28.3. The summed E-state index contributed by atoms with van der Waals surface area (Å²) in [6, 6.07) is 10.4. The zero-order chi connectivity index (χ0) is 53.4. The average molecular weight is 1050 g/mol. The van der Waals surface area contributed by atoms with E-state index in [4.69, 9.17) is 47.0 Å². The van der Waals surface area contributed by atoms with Crippen LogP contribution >= 0.6 is 0 Å². The maximum atomic E-state index is 14.6. The summed E-state index contributed by atoms with van der Waals surface area (Å²) in [7, 11) is 0. The molecule has 74 heavy (non-hydrogen) atoms. The highest BCUT2D eigenvalue weighted by Gasteiger charge is 2.55. The lowest BCUT2D eigenvalue weighted by Crippen LogP contribution is -2.66. The van der Waals surface area contributed by atoms with E-state index in [1.807, 2.05) is 0 Å². The number of phenols is 5. The maximum Gasteiger partial charge on any atom is 0.331 e. The minimum atomic E-state index is -2.22. The van der Waals surface area contributed by atoms with Gasteiger partial charge < -0.3 is 124 Å². The number of fused-ring (bicyclic) bond motifs is 1. The first-order valence-electron chi connectivity index (χ1n) is 22.8. The fourth-order valence-electron chi connectivity index (χ4n) is 8.55. The van der Waals surface area contributed by atoms with Crippen molar-refractivity contribution in [2.45, 2.75) is 124 Å². The van der Waals surface area contributed by atoms with Gasteiger partial charge in [-0.3, -0.25) is 4.79 Å². The van der Waals surface area contributed by atoms with E-state index >= 15 is 0 Å². The smallest absolute Gasteiger partial charge is 0.331 e. The van der Waals surface area contributed by atoms with Gasteiger partial charge in [-0.05, 0) is 48.9 Å². The van der Waals surface area contributed by atoms with E-state index in [2.05, 4.69) is 0 Å². The largest absolute Gasteiger partial charge is 0.508 e. The molecule has 4 aliphatic heterocycles. The normalized spacial score (nSPS) is 35.7. The number of ether oxygens (including phenoxy) is 9. The number of aliphatic hydroxyl groups is 10. The Kier molecular flexibility index (Phi) is 16.6. The molecule has 1 aromatic heterocycles. The predicted molar refractivity (Wildman–Crippen MR) is 240 cm³/mol. The van der Waals surface area contributed by atoms with Crippen molar-refractivity contribution >= 4 is 23.0 Å². The second-order valence-electron chi connectivity index (χ2n) is 17.8. The van der Waals surface area contributed by atoms with E-state index in [-0.39, 0.29) is 11.3 Å². The van der Waals surface area contributed by atoms with Crippen LogP contribution in [0.25, 0.3) is 28.4 Å². The van der Waals surface area contributed by atoms with Gasteiger partial charge >= 0.3 is 5.97 Å². The molecule has 8 rings (SSSR count). The summed E-state index contributed by atoms with van der Waals surface area (Å²) in [6.07, 6.45) is -33.2. The van der Waals surface area contributed by atoms with Crippen LogP contribution in [0.5, 0.6) is 34.5 Å². The monoisotopic (exact) mass is 1050 g/mol. The minimum absolute atomic E-state index is 0.0931. The Bertz CT molecular complexity index is 2680. The first-order valence-corrected chi connectivity index (χ1v) is 22.8. The number of carbonyl (C=O) groups is 1. The molecule has 15 N–H and O–H groups in total. The third kappa shape index (κ3) is 11.2. The molecule has 4 saturated heterocycles. The highest BCUT2D eigenvalue weighted by Crippen LogP contribution is 2.41. The van der Waals surface area contributed by atoms with Gasteiger partial charge in [0.1, 0.15) is 108 Å². The zero-order valence-electron chi connectivity index (χ0n) is 38.5. The summed E-state index contributed by atoms with van der Waals surface area (Å²) in [5.74, 6) is -5.46. The van der Waals surface area contributed by atoms with Crippen molar-refractivity contribution in [3.8, 4) is 45.8 Å². The number of hydrogen-bond acceptors (Lipinski definition) is 27. The average Bonchev–Trinajstić information content (AvgIpc) is 3.36. The summed E-state index contributed by atoms with van der Waals surface area (Å²) in [5, 5.41) is 158. The van der Waals surface area contributed by atoms with E-state index < -0.39 is 193 Å². The van der Waals surface area contributed by atoms with E-state index in [0.29, 0.717) is 5.56 Å². The highest BCUT2D eigenvalue weighted by atomic mass is 16.8. The molecule has 4 aliphatic rings. The van der Waals surface area contributed by atoms with Gasteiger partial charge in [-0.15, -0.1) is 0 Å². The lowest BCUT2D eigenvalue weighted by molar-refractivity contribution is -0.365. The van der Waals surface area contributed by atoms with Gasteiger partial charge in [0.2, 0.25) is 17.5 Å². The number of esters is 1. The molecule has 0 saturated carbocycles. The molecule has 0 radical (unpaired) electrons. The molecule has 0 unspecified atom stereocenters. The summed E-state index contributed by atoms with van der Waals surface area (Å²) in [5.41, 5.74) is -1.43. The van der Waals surface area contributed by atoms with Crippen molar-refractivity contribution in [3.05, 3.63) is 76.5 Å². The van der Waals surface area contributed by atoms with Crippen molar-refractivity contribution in [2.75, 3.05) is 19.8 Å². The topological polar surface area (TPSA) is 434 Å². The van der Waals surface area contributed by atoms with Crippen LogP contribution in [0.4, 0.5) is 0 Å². The van der Waals surface area contributed by atoms with Crippen molar-refractivity contribution in [3.63, 3.8) is 0 Å². The molecule has 0 spiro atoms. The molecule has 0 aliphatic carbocycles. The van der Waals surface area contributed by atoms with Gasteiger partial charge in [0.05, 0.1) is 25.9 Å². The third-order valence-electron chi connectivity index (χ3n) is 12.7. The molecule has 27 heteroatoms. The van der Waals surface area contributed by atoms with Gasteiger partial charge in [-0.25, -0.2) is 4.79 Å². The van der Waals surface area contributed by atoms with Crippen molar-refractivity contribution in [1.82, 2.24) is 0 Å². The lowest BCUT2D eigenvalue weighted by Gasteiger charge is -2.47. The van der Waals surface area contributed by atoms with E-state index in [9.17, 15) is 86.2 Å². The fourth-order valence-corrected chi connectivity index (χ4v) is 8.55. The molecule has 0 amide bonds. The summed E-state index contributed by atoms with van der Waals surface area (Å²) in [6.45, 7) is -1.05. The lowest BCUT2D eigenvalue weighted by atomic mass is 9.97. The Labute approximate surface area is 416 Å². The predicted octanol–water partition coefficient (Wildman–Crippen LogP) is -3.43. The van der Waals surface area contributed by atoms with Gasteiger partial charge in [0.25, 0.3) is 0 Å². The van der Waals surface area contributed by atoms with E-state index in [1.54, 1.807) is 0 Å². The molecule has 5 heterocycles. The number of hydrogen-bond donors (Lipinski definition) is 15. The van der Waals surface area contributed by atoms with Crippen LogP contribution in [0.15, 0.2) is 69.9 Å². The van der Waals surface area contributed by atoms with Crippen LogP contribution in [-0.4, -0.2) is 219 Å². The molecule has 4 fully saturated rings. The molecule has 27 nitrogen and oxygen atoms in total. The number of benzene rings is 3. The Hall–Kier alpha value is -5.80. The molecule has 404 valence electrons. The van der Waals surface area contributed by atoms with Crippen LogP contribution in [0.1, 0.15) is 12.5 Å².